The monoisotopic (exact) mass is 365 g/mol. The third-order valence-electron chi connectivity index (χ3n) is 4.08. The van der Waals surface area contributed by atoms with Crippen LogP contribution in [0.15, 0.2) is 48.4 Å². The third kappa shape index (κ3) is 2.47. The van der Waals surface area contributed by atoms with Gasteiger partial charge in [0.15, 0.2) is 0 Å². The van der Waals surface area contributed by atoms with Gasteiger partial charge in [-0.05, 0) is 0 Å². The smallest absolute Gasteiger partial charge is 0.328 e. The number of fused-ring (bicyclic) bond motifs is 1. The standard InChI is InChI=1S/C17H11N5O5/c1-6-9(13(23)20-16(26)18-6)11-7-4-2-3-5-8(7)12(19-11)10-14(24)21-17(27)22-15(10)25/h2-5H,1H2,(H2,18,20,23,26)(H3,21,22,24,25,27)/b11-9+. The largest absolute Gasteiger partial charge is 0.494 e. The number of rotatable bonds is 1. The summed E-state index contributed by atoms with van der Waals surface area (Å²) in [6.07, 6.45) is 0. The van der Waals surface area contributed by atoms with E-state index < -0.39 is 28.4 Å². The van der Waals surface area contributed by atoms with Gasteiger partial charge in [0.2, 0.25) is 5.88 Å². The van der Waals surface area contributed by atoms with Gasteiger partial charge in [-0.25, -0.2) is 14.6 Å². The van der Waals surface area contributed by atoms with Gasteiger partial charge in [-0.1, -0.05) is 30.8 Å². The summed E-state index contributed by atoms with van der Waals surface area (Å²) in [6, 6.07) is 6.71. The van der Waals surface area contributed by atoms with Crippen molar-refractivity contribution < 1.29 is 5.11 Å². The molecule has 4 rings (SSSR count). The van der Waals surface area contributed by atoms with Gasteiger partial charge < -0.3 is 10.1 Å². The van der Waals surface area contributed by atoms with Crippen LogP contribution in [0.2, 0.25) is 0 Å². The molecule has 0 saturated carbocycles. The van der Waals surface area contributed by atoms with Gasteiger partial charge in [0, 0.05) is 11.1 Å². The molecule has 0 saturated heterocycles. The first-order valence-electron chi connectivity index (χ1n) is 7.67. The van der Waals surface area contributed by atoms with E-state index in [2.05, 4.69) is 26.5 Å². The fraction of sp³-hybridized carbons (Fsp3) is 0. The van der Waals surface area contributed by atoms with Crippen LogP contribution in [-0.4, -0.2) is 30.8 Å². The van der Waals surface area contributed by atoms with Crippen molar-refractivity contribution in [3.05, 3.63) is 93.2 Å². The molecule has 0 amide bonds. The first-order valence-corrected chi connectivity index (χ1v) is 7.67. The first-order chi connectivity index (χ1) is 12.9. The van der Waals surface area contributed by atoms with Gasteiger partial charge in [-0.15, -0.1) is 0 Å². The van der Waals surface area contributed by atoms with E-state index in [1.54, 1.807) is 24.3 Å². The van der Waals surface area contributed by atoms with Crippen molar-refractivity contribution in [2.75, 3.05) is 0 Å². The molecule has 1 aromatic carbocycles. The van der Waals surface area contributed by atoms with Crippen LogP contribution in [0.25, 0.3) is 12.3 Å². The predicted octanol–water partition coefficient (Wildman–Crippen LogP) is -2.44. The number of hydrogen-bond acceptors (Lipinski definition) is 6. The molecule has 5 N–H and O–H groups in total. The minimum atomic E-state index is -0.866. The second kappa shape index (κ2) is 5.66. The molecule has 10 nitrogen and oxygen atoms in total. The molecule has 0 fully saturated rings. The van der Waals surface area contributed by atoms with E-state index >= 15 is 0 Å². The van der Waals surface area contributed by atoms with Crippen LogP contribution in [0.4, 0.5) is 0 Å². The second-order valence-electron chi connectivity index (χ2n) is 5.75. The highest BCUT2D eigenvalue weighted by Gasteiger charge is 2.27. The van der Waals surface area contributed by atoms with Crippen LogP contribution in [0, 0.1) is 0 Å². The maximum Gasteiger partial charge on any atom is 0.328 e. The number of benzene rings is 1. The minimum absolute atomic E-state index is 0.0254. The molecule has 0 radical (unpaired) electrons. The highest BCUT2D eigenvalue weighted by molar-refractivity contribution is 6.21. The number of aromatic amines is 4. The van der Waals surface area contributed by atoms with Crippen molar-refractivity contribution in [3.63, 3.8) is 0 Å². The van der Waals surface area contributed by atoms with Gasteiger partial charge >= 0.3 is 11.4 Å². The Labute approximate surface area is 147 Å². The van der Waals surface area contributed by atoms with Crippen molar-refractivity contribution in [3.8, 4) is 5.88 Å². The third-order valence-corrected chi connectivity index (χ3v) is 4.08. The molecule has 10 heteroatoms. The molecule has 0 atom stereocenters. The number of aromatic hydroxyl groups is 1. The van der Waals surface area contributed by atoms with Crippen molar-refractivity contribution >= 4 is 18.0 Å². The summed E-state index contributed by atoms with van der Waals surface area (Å²) in [5.74, 6) is -0.649. The summed E-state index contributed by atoms with van der Waals surface area (Å²) in [6.45, 7) is 3.67. The van der Waals surface area contributed by atoms with Crippen molar-refractivity contribution in [1.82, 2.24) is 19.9 Å². The first kappa shape index (κ1) is 16.3. The van der Waals surface area contributed by atoms with Crippen LogP contribution >= 0.6 is 0 Å². The second-order valence-corrected chi connectivity index (χ2v) is 5.75. The van der Waals surface area contributed by atoms with Gasteiger partial charge in [-0.3, -0.25) is 24.5 Å². The van der Waals surface area contributed by atoms with Crippen LogP contribution in [0.3, 0.4) is 0 Å². The number of nitrogens with one attached hydrogen (secondary N) is 4. The Bertz CT molecular complexity index is 1450. The van der Waals surface area contributed by atoms with Crippen molar-refractivity contribution in [2.45, 2.75) is 0 Å². The fourth-order valence-electron chi connectivity index (χ4n) is 2.99. The summed E-state index contributed by atoms with van der Waals surface area (Å²) in [5, 5.41) is 10.1. The quantitative estimate of drug-likeness (QED) is 0.323. The van der Waals surface area contributed by atoms with E-state index in [0.717, 1.165) is 0 Å². The molecular formula is C17H11N5O5. The highest BCUT2D eigenvalue weighted by atomic mass is 16.3. The van der Waals surface area contributed by atoms with Gasteiger partial charge in [0.05, 0.1) is 22.0 Å². The number of nitrogens with zero attached hydrogens (tertiary/aromatic N) is 1. The Balaban J connectivity index is 2.19. The van der Waals surface area contributed by atoms with E-state index in [9.17, 15) is 24.3 Å². The number of H-pyrrole nitrogens is 4. The number of aromatic nitrogens is 4. The molecule has 0 unspecified atom stereocenters. The molecular weight excluding hydrogens is 354 g/mol. The molecule has 1 aliphatic heterocycles. The summed E-state index contributed by atoms with van der Waals surface area (Å²) in [7, 11) is 0. The SMILES string of the molecule is C=c1[nH]c(=O)[nH]c(=O)/c1=C1/N=C(c2c(O)[nH]c(=O)[nH]c2=O)c2ccccc21. The molecule has 27 heavy (non-hydrogen) atoms. The lowest BCUT2D eigenvalue weighted by Crippen LogP contribution is -2.48. The molecule has 0 spiro atoms. The topological polar surface area (TPSA) is 164 Å². The lowest BCUT2D eigenvalue weighted by atomic mass is 10.00. The Morgan fingerprint density at radius 2 is 1.48 bits per heavy atom. The van der Waals surface area contributed by atoms with E-state index in [1.165, 1.54) is 0 Å². The zero-order valence-corrected chi connectivity index (χ0v) is 13.5. The molecule has 0 bridgehead atoms. The van der Waals surface area contributed by atoms with E-state index in [0.29, 0.717) is 11.1 Å². The van der Waals surface area contributed by atoms with Gasteiger partial charge in [0.1, 0.15) is 5.56 Å². The number of aliphatic imine (C=N–C) groups is 1. The molecule has 2 aromatic heterocycles. The van der Waals surface area contributed by atoms with Gasteiger partial charge in [0.25, 0.3) is 11.1 Å². The van der Waals surface area contributed by atoms with Crippen molar-refractivity contribution in [2.24, 2.45) is 4.99 Å². The van der Waals surface area contributed by atoms with Crippen LogP contribution in [0.1, 0.15) is 16.7 Å². The normalized spacial score (nSPS) is 14.7. The Morgan fingerprint density at radius 1 is 0.852 bits per heavy atom. The minimum Gasteiger partial charge on any atom is -0.494 e. The Hall–Kier alpha value is -4.21. The molecule has 3 heterocycles. The maximum absolute atomic E-state index is 12.3. The van der Waals surface area contributed by atoms with Crippen molar-refractivity contribution in [1.29, 1.82) is 0 Å². The number of hydrogen-bond donors (Lipinski definition) is 5. The molecule has 0 aliphatic carbocycles. The fourth-order valence-corrected chi connectivity index (χ4v) is 2.99. The lowest BCUT2D eigenvalue weighted by Gasteiger charge is -2.03. The summed E-state index contributed by atoms with van der Waals surface area (Å²) >= 11 is 0. The zero-order valence-electron chi connectivity index (χ0n) is 13.5. The lowest BCUT2D eigenvalue weighted by molar-refractivity contribution is 0.447. The summed E-state index contributed by atoms with van der Waals surface area (Å²) < 4.78 is 0. The van der Waals surface area contributed by atoms with Crippen LogP contribution < -0.4 is 33.1 Å². The molecule has 134 valence electrons. The van der Waals surface area contributed by atoms with Crippen LogP contribution in [0.5, 0.6) is 5.88 Å². The molecule has 1 aliphatic rings. The zero-order chi connectivity index (χ0) is 19.3. The summed E-state index contributed by atoms with van der Waals surface area (Å²) in [4.78, 5) is 60.3. The van der Waals surface area contributed by atoms with Gasteiger partial charge in [-0.2, -0.15) is 0 Å². The average molecular weight is 365 g/mol. The maximum atomic E-state index is 12.3. The van der Waals surface area contributed by atoms with E-state index in [4.69, 9.17) is 0 Å². The summed E-state index contributed by atoms with van der Waals surface area (Å²) in [5.41, 5.74) is -2.15. The van der Waals surface area contributed by atoms with Crippen LogP contribution in [-0.2, 0) is 0 Å². The van der Waals surface area contributed by atoms with E-state index in [1.807, 2.05) is 4.98 Å². The Kier molecular flexibility index (Phi) is 3.41. The molecule has 3 aromatic rings. The van der Waals surface area contributed by atoms with E-state index in [-0.39, 0.29) is 27.5 Å². The average Bonchev–Trinajstić information content (AvgIpc) is 2.93. The highest BCUT2D eigenvalue weighted by Crippen LogP contribution is 2.29. The predicted molar refractivity (Wildman–Crippen MR) is 96.4 cm³/mol. The Morgan fingerprint density at radius 3 is 2.15 bits per heavy atom.